The van der Waals surface area contributed by atoms with E-state index < -0.39 is 0 Å². The molecule has 1 fully saturated rings. The molecule has 2 atom stereocenters. The van der Waals surface area contributed by atoms with Gasteiger partial charge in [0.05, 0.1) is 27.0 Å². The number of alkyl halides is 1. The van der Waals surface area contributed by atoms with Gasteiger partial charge < -0.3 is 4.57 Å². The number of rotatable bonds is 3. The highest BCUT2D eigenvalue weighted by molar-refractivity contribution is 7.99. The quantitative estimate of drug-likeness (QED) is 0.629. The molecule has 2 aromatic rings. The molecule has 1 aliphatic carbocycles. The number of nitrogens with zero attached hydrogens (tertiary/aromatic N) is 2. The van der Waals surface area contributed by atoms with Crippen molar-refractivity contribution in [2.75, 3.05) is 6.26 Å². The SMILES string of the molecule is CSC1CCCC(n2c(CCl)nc3cc(Cl)c(Cl)cc32)C1. The van der Waals surface area contributed by atoms with Gasteiger partial charge in [0.25, 0.3) is 0 Å². The number of fused-ring (bicyclic) bond motifs is 1. The van der Waals surface area contributed by atoms with Crippen LogP contribution in [0.4, 0.5) is 0 Å². The topological polar surface area (TPSA) is 17.8 Å². The fraction of sp³-hybridized carbons (Fsp3) is 0.533. The highest BCUT2D eigenvalue weighted by Crippen LogP contribution is 2.38. The zero-order valence-electron chi connectivity index (χ0n) is 11.8. The van der Waals surface area contributed by atoms with Crippen molar-refractivity contribution in [1.82, 2.24) is 9.55 Å². The van der Waals surface area contributed by atoms with Gasteiger partial charge in [-0.05, 0) is 37.7 Å². The van der Waals surface area contributed by atoms with Crippen LogP contribution in [0.2, 0.25) is 10.0 Å². The molecule has 1 heterocycles. The number of thioether (sulfide) groups is 1. The van der Waals surface area contributed by atoms with Gasteiger partial charge in [0, 0.05) is 11.3 Å². The smallest absolute Gasteiger partial charge is 0.125 e. The summed E-state index contributed by atoms with van der Waals surface area (Å²) in [7, 11) is 0. The molecule has 2 nitrogen and oxygen atoms in total. The molecule has 0 radical (unpaired) electrons. The molecule has 1 aromatic heterocycles. The van der Waals surface area contributed by atoms with E-state index in [1.54, 1.807) is 0 Å². The second kappa shape index (κ2) is 6.57. The molecule has 0 spiro atoms. The molecule has 0 bridgehead atoms. The van der Waals surface area contributed by atoms with Gasteiger partial charge in [0.2, 0.25) is 0 Å². The third-order valence-corrected chi connectivity index (χ3v) is 6.28. The lowest BCUT2D eigenvalue weighted by molar-refractivity contribution is 0.362. The Morgan fingerprint density at radius 2 is 2.05 bits per heavy atom. The predicted molar refractivity (Wildman–Crippen MR) is 94.1 cm³/mol. The zero-order chi connectivity index (χ0) is 15.0. The first-order chi connectivity index (χ1) is 10.1. The Kier molecular flexibility index (Phi) is 4.94. The second-order valence-electron chi connectivity index (χ2n) is 5.46. The van der Waals surface area contributed by atoms with Crippen LogP contribution in [0, 0.1) is 0 Å². The Morgan fingerprint density at radius 1 is 1.29 bits per heavy atom. The van der Waals surface area contributed by atoms with Gasteiger partial charge in [-0.15, -0.1) is 11.6 Å². The van der Waals surface area contributed by atoms with Gasteiger partial charge in [0.1, 0.15) is 5.82 Å². The fourth-order valence-corrected chi connectivity index (χ4v) is 4.53. The van der Waals surface area contributed by atoms with E-state index in [4.69, 9.17) is 34.8 Å². The summed E-state index contributed by atoms with van der Waals surface area (Å²) in [6.07, 6.45) is 7.08. The van der Waals surface area contributed by atoms with E-state index in [1.165, 1.54) is 19.3 Å². The van der Waals surface area contributed by atoms with E-state index in [1.807, 2.05) is 23.9 Å². The molecule has 0 aliphatic heterocycles. The van der Waals surface area contributed by atoms with Crippen molar-refractivity contribution in [3.63, 3.8) is 0 Å². The van der Waals surface area contributed by atoms with Crippen LogP contribution in [0.1, 0.15) is 37.5 Å². The molecule has 6 heteroatoms. The van der Waals surface area contributed by atoms with Crippen LogP contribution in [0.3, 0.4) is 0 Å². The molecule has 1 aliphatic rings. The van der Waals surface area contributed by atoms with Crippen LogP contribution in [0.5, 0.6) is 0 Å². The minimum absolute atomic E-state index is 0.407. The van der Waals surface area contributed by atoms with Gasteiger partial charge in [-0.2, -0.15) is 11.8 Å². The monoisotopic (exact) mass is 362 g/mol. The summed E-state index contributed by atoms with van der Waals surface area (Å²) in [4.78, 5) is 4.64. The molecule has 2 unspecified atom stereocenters. The van der Waals surface area contributed by atoms with E-state index in [-0.39, 0.29) is 0 Å². The van der Waals surface area contributed by atoms with Crippen LogP contribution >= 0.6 is 46.6 Å². The number of halogens is 3. The molecule has 0 N–H and O–H groups in total. The fourth-order valence-electron chi connectivity index (χ4n) is 3.21. The van der Waals surface area contributed by atoms with Gasteiger partial charge >= 0.3 is 0 Å². The number of aromatic nitrogens is 2. The summed E-state index contributed by atoms with van der Waals surface area (Å²) < 4.78 is 2.28. The van der Waals surface area contributed by atoms with Gasteiger partial charge in [-0.25, -0.2) is 4.98 Å². The third kappa shape index (κ3) is 3.03. The Morgan fingerprint density at radius 3 is 2.76 bits per heavy atom. The average molecular weight is 364 g/mol. The molecule has 0 amide bonds. The van der Waals surface area contributed by atoms with Crippen LogP contribution in [0.25, 0.3) is 11.0 Å². The minimum atomic E-state index is 0.407. The van der Waals surface area contributed by atoms with E-state index in [0.29, 0.717) is 27.2 Å². The maximum Gasteiger partial charge on any atom is 0.125 e. The maximum atomic E-state index is 6.20. The lowest BCUT2D eigenvalue weighted by atomic mass is 9.94. The summed E-state index contributed by atoms with van der Waals surface area (Å²) in [5, 5.41) is 1.83. The van der Waals surface area contributed by atoms with Crippen molar-refractivity contribution >= 4 is 57.6 Å². The predicted octanol–water partition coefficient (Wildman–Crippen LogP) is 5.93. The highest BCUT2D eigenvalue weighted by Gasteiger charge is 2.26. The number of hydrogen-bond acceptors (Lipinski definition) is 2. The van der Waals surface area contributed by atoms with Crippen molar-refractivity contribution in [3.05, 3.63) is 28.0 Å². The molecular weight excluding hydrogens is 347 g/mol. The van der Waals surface area contributed by atoms with Gasteiger partial charge in [0.15, 0.2) is 0 Å². The average Bonchev–Trinajstić information content (AvgIpc) is 2.85. The summed E-state index contributed by atoms with van der Waals surface area (Å²) >= 11 is 20.4. The lowest BCUT2D eigenvalue weighted by Crippen LogP contribution is -2.21. The zero-order valence-corrected chi connectivity index (χ0v) is 14.9. The summed E-state index contributed by atoms with van der Waals surface area (Å²) in [6, 6.07) is 4.21. The summed E-state index contributed by atoms with van der Waals surface area (Å²) in [5.41, 5.74) is 1.93. The van der Waals surface area contributed by atoms with Crippen molar-refractivity contribution in [2.45, 2.75) is 42.9 Å². The van der Waals surface area contributed by atoms with E-state index in [0.717, 1.165) is 23.3 Å². The Balaban J connectivity index is 2.09. The molecule has 1 saturated carbocycles. The molecule has 21 heavy (non-hydrogen) atoms. The van der Waals surface area contributed by atoms with Crippen LogP contribution in [-0.2, 0) is 5.88 Å². The number of benzene rings is 1. The number of imidazole rings is 1. The highest BCUT2D eigenvalue weighted by atomic mass is 35.5. The second-order valence-corrected chi connectivity index (χ2v) is 7.68. The molecule has 114 valence electrons. The molecular formula is C15H17Cl3N2S. The Bertz CT molecular complexity index is 656. The van der Waals surface area contributed by atoms with Crippen LogP contribution in [-0.4, -0.2) is 21.1 Å². The van der Waals surface area contributed by atoms with Crippen molar-refractivity contribution in [1.29, 1.82) is 0 Å². The first kappa shape index (κ1) is 15.8. The lowest BCUT2D eigenvalue weighted by Gasteiger charge is -2.30. The first-order valence-corrected chi connectivity index (χ1v) is 9.66. The Hall–Kier alpha value is -0.0900. The van der Waals surface area contributed by atoms with E-state index in [2.05, 4.69) is 15.8 Å². The van der Waals surface area contributed by atoms with Crippen LogP contribution < -0.4 is 0 Å². The van der Waals surface area contributed by atoms with E-state index >= 15 is 0 Å². The standard InChI is InChI=1S/C15H17Cl3N2S/c1-21-10-4-2-3-9(5-10)20-14-7-12(18)11(17)6-13(14)19-15(20)8-16/h6-7,9-10H,2-5,8H2,1H3. The van der Waals surface area contributed by atoms with E-state index in [9.17, 15) is 0 Å². The van der Waals surface area contributed by atoms with Crippen molar-refractivity contribution < 1.29 is 0 Å². The first-order valence-electron chi connectivity index (χ1n) is 7.08. The number of hydrogen-bond donors (Lipinski definition) is 0. The largest absolute Gasteiger partial charge is 0.324 e. The molecule has 0 saturated heterocycles. The normalized spacial score (nSPS) is 22.9. The molecule has 1 aromatic carbocycles. The van der Waals surface area contributed by atoms with Crippen molar-refractivity contribution in [2.24, 2.45) is 0 Å². The third-order valence-electron chi connectivity index (χ3n) is 4.22. The minimum Gasteiger partial charge on any atom is -0.324 e. The van der Waals surface area contributed by atoms with Crippen molar-refractivity contribution in [3.8, 4) is 0 Å². The van der Waals surface area contributed by atoms with Crippen LogP contribution in [0.15, 0.2) is 12.1 Å². The van der Waals surface area contributed by atoms with Gasteiger partial charge in [-0.3, -0.25) is 0 Å². The summed E-state index contributed by atoms with van der Waals surface area (Å²) in [5.74, 6) is 1.32. The summed E-state index contributed by atoms with van der Waals surface area (Å²) in [6.45, 7) is 0. The Labute approximate surface area is 144 Å². The molecule has 3 rings (SSSR count). The van der Waals surface area contributed by atoms with Gasteiger partial charge in [-0.1, -0.05) is 29.6 Å². The maximum absolute atomic E-state index is 6.20.